The summed E-state index contributed by atoms with van der Waals surface area (Å²) in [5, 5.41) is 11.7. The van der Waals surface area contributed by atoms with E-state index >= 15 is 0 Å². The molecule has 7 nitrogen and oxygen atoms in total. The van der Waals surface area contributed by atoms with Gasteiger partial charge in [0, 0.05) is 41.5 Å². The number of hydrogen-bond acceptors (Lipinski definition) is 6. The van der Waals surface area contributed by atoms with E-state index in [4.69, 9.17) is 11.0 Å². The lowest BCUT2D eigenvalue weighted by molar-refractivity contribution is -0.105. The molecule has 168 valence electrons. The summed E-state index contributed by atoms with van der Waals surface area (Å²) >= 11 is 0. The van der Waals surface area contributed by atoms with Gasteiger partial charge in [-0.1, -0.05) is 0 Å². The summed E-state index contributed by atoms with van der Waals surface area (Å²) in [5.74, 6) is 0.666. The Labute approximate surface area is 188 Å². The quantitative estimate of drug-likeness (QED) is 0.464. The number of hydrogen-bond donors (Lipinski definition) is 2. The predicted octanol–water partition coefficient (Wildman–Crippen LogP) is 4.38. The minimum atomic E-state index is -0.499. The second-order valence-corrected chi connectivity index (χ2v) is 8.04. The van der Waals surface area contributed by atoms with E-state index in [1.54, 1.807) is 30.6 Å². The van der Waals surface area contributed by atoms with Gasteiger partial charge in [-0.05, 0) is 76.0 Å². The Morgan fingerprint density at radius 3 is 2.50 bits per heavy atom. The fourth-order valence-electron chi connectivity index (χ4n) is 2.83. The lowest BCUT2D eigenvalue weighted by Crippen LogP contribution is -2.00. The molecule has 32 heavy (non-hydrogen) atoms. The number of carbonyl (C=O) groups is 1. The van der Waals surface area contributed by atoms with Crippen molar-refractivity contribution in [3.63, 3.8) is 0 Å². The Kier molecular flexibility index (Phi) is 9.05. The van der Waals surface area contributed by atoms with Crippen LogP contribution < -0.4 is 11.1 Å². The van der Waals surface area contributed by atoms with Crippen molar-refractivity contribution in [2.24, 2.45) is 5.92 Å². The van der Waals surface area contributed by atoms with E-state index in [1.807, 2.05) is 33.0 Å². The zero-order valence-electron chi connectivity index (χ0n) is 18.9. The first kappa shape index (κ1) is 24.7. The van der Waals surface area contributed by atoms with Crippen molar-refractivity contribution in [3.05, 3.63) is 48.2 Å². The Bertz CT molecular complexity index is 1100. The molecule has 0 atom stereocenters. The van der Waals surface area contributed by atoms with Crippen molar-refractivity contribution in [2.75, 3.05) is 32.2 Å². The van der Waals surface area contributed by atoms with Crippen LogP contribution in [-0.2, 0) is 4.79 Å². The molecule has 8 heteroatoms. The van der Waals surface area contributed by atoms with Gasteiger partial charge in [0.25, 0.3) is 0 Å². The van der Waals surface area contributed by atoms with Gasteiger partial charge in [-0.25, -0.2) is 9.37 Å². The summed E-state index contributed by atoms with van der Waals surface area (Å²) in [4.78, 5) is 20.6. The highest BCUT2D eigenvalue weighted by atomic mass is 19.1. The zero-order valence-corrected chi connectivity index (χ0v) is 18.9. The van der Waals surface area contributed by atoms with E-state index < -0.39 is 5.82 Å². The Morgan fingerprint density at radius 1 is 1.28 bits per heavy atom. The first-order valence-corrected chi connectivity index (χ1v) is 10.2. The maximum Gasteiger partial charge on any atom is 0.212 e. The fraction of sp³-hybridized carbons (Fsp3) is 0.333. The minimum Gasteiger partial charge on any atom is -0.396 e. The van der Waals surface area contributed by atoms with Gasteiger partial charge in [-0.3, -0.25) is 9.78 Å². The number of benzene rings is 1. The predicted molar refractivity (Wildman–Crippen MR) is 126 cm³/mol. The molecule has 1 fully saturated rings. The van der Waals surface area contributed by atoms with E-state index in [0.29, 0.717) is 34.1 Å². The van der Waals surface area contributed by atoms with Gasteiger partial charge in [-0.15, -0.1) is 0 Å². The van der Waals surface area contributed by atoms with Gasteiger partial charge in [0.15, 0.2) is 5.82 Å². The summed E-state index contributed by atoms with van der Waals surface area (Å²) in [6, 6.07) is 7.27. The van der Waals surface area contributed by atoms with Crippen molar-refractivity contribution in [2.45, 2.75) is 26.2 Å². The smallest absolute Gasteiger partial charge is 0.212 e. The molecule has 1 aliphatic rings. The van der Waals surface area contributed by atoms with Crippen LogP contribution in [0.3, 0.4) is 0 Å². The Hall–Kier alpha value is -3.57. The largest absolute Gasteiger partial charge is 0.396 e. The number of nitriles is 1. The van der Waals surface area contributed by atoms with E-state index in [-0.39, 0.29) is 5.69 Å². The monoisotopic (exact) mass is 436 g/mol. The number of nitrogens with two attached hydrogens (primary N) is 1. The molecule has 3 aromatic rings. The number of fused-ring (bicyclic) bond motifs is 1. The van der Waals surface area contributed by atoms with Crippen molar-refractivity contribution >= 4 is 28.7 Å². The molecule has 1 amide bonds. The molecular weight excluding hydrogens is 407 g/mol. The van der Waals surface area contributed by atoms with Gasteiger partial charge in [0.05, 0.1) is 11.8 Å². The van der Waals surface area contributed by atoms with Crippen LogP contribution in [0.4, 0.5) is 15.9 Å². The molecule has 3 N–H and O–H groups in total. The van der Waals surface area contributed by atoms with Crippen LogP contribution in [0.1, 0.15) is 24.8 Å². The highest BCUT2D eigenvalue weighted by molar-refractivity contribution is 5.98. The van der Waals surface area contributed by atoms with E-state index in [0.717, 1.165) is 17.9 Å². The Morgan fingerprint density at radius 2 is 1.97 bits per heavy atom. The number of aryl methyl sites for hydroxylation is 1. The van der Waals surface area contributed by atoms with Crippen molar-refractivity contribution in [3.8, 4) is 17.2 Å². The first-order chi connectivity index (χ1) is 15.3. The highest BCUT2D eigenvalue weighted by Crippen LogP contribution is 2.34. The van der Waals surface area contributed by atoms with E-state index in [9.17, 15) is 9.18 Å². The SMILES string of the molecule is CN(C)C.Cc1ccncc1-c1cc2cc(NC=O)ncc2c(N)c1F.N#CCC1CC1. The Balaban J connectivity index is 0.000000301. The summed E-state index contributed by atoms with van der Waals surface area (Å²) in [6.07, 6.45) is 8.62. The van der Waals surface area contributed by atoms with Gasteiger partial charge in [-0.2, -0.15) is 5.26 Å². The summed E-state index contributed by atoms with van der Waals surface area (Å²) in [7, 11) is 6.00. The number of carbonyl (C=O) groups excluding carboxylic acids is 1. The van der Waals surface area contributed by atoms with Crippen molar-refractivity contribution in [1.82, 2.24) is 14.9 Å². The van der Waals surface area contributed by atoms with Gasteiger partial charge in [0.2, 0.25) is 6.41 Å². The molecule has 2 heterocycles. The van der Waals surface area contributed by atoms with Crippen LogP contribution in [0.25, 0.3) is 21.9 Å². The normalized spacial score (nSPS) is 12.2. The van der Waals surface area contributed by atoms with E-state index in [2.05, 4.69) is 21.4 Å². The topological polar surface area (TPSA) is 108 Å². The number of anilines is 2. The molecule has 2 aromatic heterocycles. The van der Waals surface area contributed by atoms with Gasteiger partial charge >= 0.3 is 0 Å². The average molecular weight is 437 g/mol. The van der Waals surface area contributed by atoms with Gasteiger partial charge < -0.3 is 16.0 Å². The average Bonchev–Trinajstić information content (AvgIpc) is 3.56. The first-order valence-electron chi connectivity index (χ1n) is 10.2. The molecule has 0 spiro atoms. The maximum absolute atomic E-state index is 14.6. The number of pyridine rings is 2. The van der Waals surface area contributed by atoms with Crippen LogP contribution in [0.2, 0.25) is 0 Å². The second kappa shape index (κ2) is 11.7. The third-order valence-corrected chi connectivity index (χ3v) is 4.61. The molecule has 1 saturated carbocycles. The minimum absolute atomic E-state index is 0.0286. The summed E-state index contributed by atoms with van der Waals surface area (Å²) < 4.78 is 14.6. The number of amides is 1. The number of nitrogens with one attached hydrogen (secondary N) is 1. The van der Waals surface area contributed by atoms with Crippen LogP contribution in [0, 0.1) is 30.0 Å². The van der Waals surface area contributed by atoms with Crippen LogP contribution in [0.5, 0.6) is 0 Å². The van der Waals surface area contributed by atoms with Crippen LogP contribution in [0.15, 0.2) is 36.8 Å². The van der Waals surface area contributed by atoms with Crippen molar-refractivity contribution in [1.29, 1.82) is 5.26 Å². The number of aromatic nitrogens is 2. The zero-order chi connectivity index (χ0) is 23.7. The highest BCUT2D eigenvalue weighted by Gasteiger charge is 2.19. The number of nitrogens with zero attached hydrogens (tertiary/aromatic N) is 4. The van der Waals surface area contributed by atoms with Crippen molar-refractivity contribution < 1.29 is 9.18 Å². The maximum atomic E-state index is 14.6. The third kappa shape index (κ3) is 7.00. The fourth-order valence-corrected chi connectivity index (χ4v) is 2.83. The lowest BCUT2D eigenvalue weighted by Gasteiger charge is -2.12. The third-order valence-electron chi connectivity index (χ3n) is 4.61. The summed E-state index contributed by atoms with van der Waals surface area (Å²) in [6.45, 7) is 1.88. The molecule has 0 radical (unpaired) electrons. The number of nitrogen functional groups attached to an aromatic ring is 1. The van der Waals surface area contributed by atoms with Gasteiger partial charge in [0.1, 0.15) is 5.82 Å². The molecule has 0 aliphatic heterocycles. The number of rotatable bonds is 4. The molecule has 4 rings (SSSR count). The number of halogens is 1. The summed E-state index contributed by atoms with van der Waals surface area (Å²) in [5.41, 5.74) is 7.88. The van der Waals surface area contributed by atoms with E-state index in [1.165, 1.54) is 19.0 Å². The molecule has 0 saturated heterocycles. The second-order valence-electron chi connectivity index (χ2n) is 8.04. The lowest BCUT2D eigenvalue weighted by atomic mass is 9.98. The molecule has 0 bridgehead atoms. The molecular formula is C24H29FN6O. The molecule has 0 unspecified atom stereocenters. The van der Waals surface area contributed by atoms with Crippen LogP contribution >= 0.6 is 0 Å². The molecule has 1 aliphatic carbocycles. The standard InChI is InChI=1S/C16H13FN4O.C5H7N.C3H9N/c1-9-2-3-19-6-12(9)11-4-10-5-14(21-8-22)20-7-13(10)16(18)15(11)17;6-4-3-5-1-2-5;1-4(2)3/h2-8H,18H2,1H3,(H,20,21,22);5H,1-3H2;1-3H3. The van der Waals surface area contributed by atoms with Crippen LogP contribution in [-0.4, -0.2) is 42.4 Å². The molecule has 1 aromatic carbocycles.